The number of hydrogen-bond donors (Lipinski definition) is 1. The number of nitrogens with zero attached hydrogens (tertiary/aromatic N) is 4. The third kappa shape index (κ3) is 6.67. The van der Waals surface area contributed by atoms with Crippen LogP contribution in [0.5, 0.6) is 5.75 Å². The number of anilines is 1. The predicted molar refractivity (Wildman–Crippen MR) is 151 cm³/mol. The third-order valence-corrected chi connectivity index (χ3v) is 7.68. The molecule has 2 heterocycles. The summed E-state index contributed by atoms with van der Waals surface area (Å²) in [5.74, 6) is 1.48. The van der Waals surface area contributed by atoms with Gasteiger partial charge >= 0.3 is 0 Å². The van der Waals surface area contributed by atoms with Crippen LogP contribution in [-0.2, 0) is 17.8 Å². The van der Waals surface area contributed by atoms with Crippen LogP contribution in [-0.4, -0.2) is 31.4 Å². The summed E-state index contributed by atoms with van der Waals surface area (Å²) in [6.07, 6.45) is 2.44. The van der Waals surface area contributed by atoms with Gasteiger partial charge in [0.25, 0.3) is 0 Å². The Morgan fingerprint density at radius 3 is 2.68 bits per heavy atom. The van der Waals surface area contributed by atoms with Crippen molar-refractivity contribution >= 4 is 34.1 Å². The first-order chi connectivity index (χ1) is 17.9. The summed E-state index contributed by atoms with van der Waals surface area (Å²) in [7, 11) is 0. The van der Waals surface area contributed by atoms with Crippen LogP contribution in [0.25, 0.3) is 11.3 Å². The number of amides is 1. The number of carbonyl (C=O) groups is 1. The maximum Gasteiger partial charge on any atom is 0.236 e. The topological polar surface area (TPSA) is 81.9 Å². The van der Waals surface area contributed by atoms with E-state index in [2.05, 4.69) is 72.1 Å². The molecule has 37 heavy (non-hydrogen) atoms. The summed E-state index contributed by atoms with van der Waals surface area (Å²) in [5, 5.41) is 14.7. The largest absolute Gasteiger partial charge is 0.483 e. The number of allylic oxidation sites excluding steroid dienone is 1. The Morgan fingerprint density at radius 1 is 1.19 bits per heavy atom. The summed E-state index contributed by atoms with van der Waals surface area (Å²) in [5.41, 5.74) is 5.60. The van der Waals surface area contributed by atoms with Crippen LogP contribution in [0.1, 0.15) is 42.5 Å². The molecule has 2 aromatic carbocycles. The Labute approximate surface area is 226 Å². The molecule has 1 amide bonds. The Bertz CT molecular complexity index is 1380. The molecule has 2 aromatic heterocycles. The third-order valence-electron chi connectivity index (χ3n) is 5.95. The first kappa shape index (κ1) is 26.6. The van der Waals surface area contributed by atoms with E-state index in [1.807, 2.05) is 35.1 Å². The van der Waals surface area contributed by atoms with E-state index in [-0.39, 0.29) is 17.8 Å². The van der Waals surface area contributed by atoms with Gasteiger partial charge in [-0.05, 0) is 62.1 Å². The minimum absolute atomic E-state index is 0.152. The SMILES string of the molecule is C=CCn1c(SCC(=O)Nc2nc(-c3ccc(C)c(C)c3)cs2)nnc1C(C)Oc1ccc(CC)cc1. The van der Waals surface area contributed by atoms with Crippen LogP contribution in [0.4, 0.5) is 5.13 Å². The highest BCUT2D eigenvalue weighted by Crippen LogP contribution is 2.28. The molecular weight excluding hydrogens is 502 g/mol. The van der Waals surface area contributed by atoms with Gasteiger partial charge in [-0.15, -0.1) is 28.1 Å². The van der Waals surface area contributed by atoms with Gasteiger partial charge < -0.3 is 10.1 Å². The fourth-order valence-electron chi connectivity index (χ4n) is 3.72. The zero-order valence-corrected chi connectivity index (χ0v) is 23.2. The van der Waals surface area contributed by atoms with Crippen molar-refractivity contribution in [2.24, 2.45) is 0 Å². The number of hydrogen-bond acceptors (Lipinski definition) is 7. The van der Waals surface area contributed by atoms with Gasteiger partial charge in [0, 0.05) is 17.5 Å². The lowest BCUT2D eigenvalue weighted by atomic mass is 10.1. The molecule has 0 spiro atoms. The van der Waals surface area contributed by atoms with Gasteiger partial charge in [0.1, 0.15) is 5.75 Å². The first-order valence-corrected chi connectivity index (χ1v) is 14.0. The molecule has 0 fully saturated rings. The molecule has 0 aliphatic heterocycles. The summed E-state index contributed by atoms with van der Waals surface area (Å²) in [4.78, 5) is 17.3. The molecule has 4 aromatic rings. The lowest BCUT2D eigenvalue weighted by molar-refractivity contribution is -0.113. The number of aryl methyl sites for hydroxylation is 3. The minimum Gasteiger partial charge on any atom is -0.483 e. The van der Waals surface area contributed by atoms with E-state index >= 15 is 0 Å². The standard InChI is InChI=1S/C28H31N5O2S2/c1-6-14-33-26(20(5)35-23-12-9-21(7-2)10-13-23)31-32-28(33)37-17-25(34)30-27-29-24(16-36-27)22-11-8-18(3)19(4)15-22/h6,8-13,15-16,20H,1,7,14,17H2,2-5H3,(H,29,30,34). The average Bonchev–Trinajstić information content (AvgIpc) is 3.52. The van der Waals surface area contributed by atoms with Crippen LogP contribution in [0.3, 0.4) is 0 Å². The molecule has 0 radical (unpaired) electrons. The second kappa shape index (κ2) is 12.2. The summed E-state index contributed by atoms with van der Waals surface area (Å²) in [6.45, 7) is 12.6. The van der Waals surface area contributed by atoms with Crippen LogP contribution >= 0.6 is 23.1 Å². The smallest absolute Gasteiger partial charge is 0.236 e. The van der Waals surface area contributed by atoms with Gasteiger partial charge in [-0.1, -0.05) is 49.0 Å². The summed E-state index contributed by atoms with van der Waals surface area (Å²) in [6, 6.07) is 14.3. The molecule has 0 aliphatic carbocycles. The zero-order valence-electron chi connectivity index (χ0n) is 21.5. The van der Waals surface area contributed by atoms with Crippen LogP contribution in [0, 0.1) is 13.8 Å². The van der Waals surface area contributed by atoms with E-state index < -0.39 is 0 Å². The molecule has 1 unspecified atom stereocenters. The van der Waals surface area contributed by atoms with Gasteiger partial charge in [-0.2, -0.15) is 0 Å². The van der Waals surface area contributed by atoms with Crippen LogP contribution < -0.4 is 10.1 Å². The van der Waals surface area contributed by atoms with E-state index in [0.717, 1.165) is 23.4 Å². The molecule has 0 saturated heterocycles. The number of ether oxygens (including phenoxy) is 1. The van der Waals surface area contributed by atoms with Gasteiger partial charge in [-0.25, -0.2) is 4.98 Å². The summed E-state index contributed by atoms with van der Waals surface area (Å²) >= 11 is 2.73. The molecule has 7 nitrogen and oxygen atoms in total. The molecule has 192 valence electrons. The highest BCUT2D eigenvalue weighted by atomic mass is 32.2. The molecule has 0 bridgehead atoms. The fraction of sp³-hybridized carbons (Fsp3) is 0.286. The van der Waals surface area contributed by atoms with E-state index in [9.17, 15) is 4.79 Å². The maximum absolute atomic E-state index is 12.7. The average molecular weight is 534 g/mol. The van der Waals surface area contributed by atoms with Crippen molar-refractivity contribution in [3.05, 3.63) is 83.0 Å². The molecule has 0 saturated carbocycles. The van der Waals surface area contributed by atoms with Gasteiger partial charge in [0.15, 0.2) is 22.2 Å². The number of nitrogens with one attached hydrogen (secondary N) is 1. The molecule has 1 atom stereocenters. The van der Waals surface area contributed by atoms with E-state index in [4.69, 9.17) is 4.74 Å². The second-order valence-electron chi connectivity index (χ2n) is 8.67. The zero-order chi connectivity index (χ0) is 26.4. The molecule has 4 rings (SSSR count). The molecule has 9 heteroatoms. The van der Waals surface area contributed by atoms with Crippen LogP contribution in [0.15, 0.2) is 65.7 Å². The summed E-state index contributed by atoms with van der Waals surface area (Å²) < 4.78 is 8.03. The number of rotatable bonds is 11. The van der Waals surface area contributed by atoms with E-state index in [0.29, 0.717) is 22.7 Å². The lowest BCUT2D eigenvalue weighted by Gasteiger charge is -2.16. The molecular formula is C28H31N5O2S2. The van der Waals surface area contributed by atoms with Crippen molar-refractivity contribution in [2.75, 3.05) is 11.1 Å². The number of aromatic nitrogens is 4. The predicted octanol–water partition coefficient (Wildman–Crippen LogP) is 6.64. The Balaban J connectivity index is 1.38. The molecule has 1 N–H and O–H groups in total. The van der Waals surface area contributed by atoms with Crippen molar-refractivity contribution in [3.8, 4) is 17.0 Å². The number of thiazole rings is 1. The van der Waals surface area contributed by atoms with Crippen molar-refractivity contribution in [1.82, 2.24) is 19.7 Å². The first-order valence-electron chi connectivity index (χ1n) is 12.1. The fourth-order valence-corrected chi connectivity index (χ4v) is 5.21. The van der Waals surface area contributed by atoms with E-state index in [1.165, 1.54) is 39.8 Å². The van der Waals surface area contributed by atoms with Crippen molar-refractivity contribution in [3.63, 3.8) is 0 Å². The van der Waals surface area contributed by atoms with E-state index in [1.54, 1.807) is 6.08 Å². The Kier molecular flexibility index (Phi) is 8.78. The van der Waals surface area contributed by atoms with Crippen LogP contribution in [0.2, 0.25) is 0 Å². The molecule has 0 aliphatic rings. The minimum atomic E-state index is -0.317. The number of thioether (sulfide) groups is 1. The maximum atomic E-state index is 12.7. The Hall–Kier alpha value is -3.43. The van der Waals surface area contributed by atoms with Crippen molar-refractivity contribution in [2.45, 2.75) is 51.9 Å². The van der Waals surface area contributed by atoms with Crippen molar-refractivity contribution < 1.29 is 9.53 Å². The van der Waals surface area contributed by atoms with Gasteiger partial charge in [0.2, 0.25) is 5.91 Å². The normalized spacial score (nSPS) is 11.8. The van der Waals surface area contributed by atoms with Gasteiger partial charge in [-0.3, -0.25) is 9.36 Å². The number of benzene rings is 2. The lowest BCUT2D eigenvalue weighted by Crippen LogP contribution is -2.15. The van der Waals surface area contributed by atoms with Gasteiger partial charge in [0.05, 0.1) is 11.4 Å². The highest BCUT2D eigenvalue weighted by molar-refractivity contribution is 7.99. The highest BCUT2D eigenvalue weighted by Gasteiger charge is 2.20. The monoisotopic (exact) mass is 533 g/mol. The Morgan fingerprint density at radius 2 is 1.97 bits per heavy atom. The van der Waals surface area contributed by atoms with Crippen molar-refractivity contribution in [1.29, 1.82) is 0 Å². The quantitative estimate of drug-likeness (QED) is 0.172. The number of carbonyl (C=O) groups excluding carboxylic acids is 1. The second-order valence-corrected chi connectivity index (χ2v) is 10.5.